The molecular formula is C14H22FN. The minimum Gasteiger partial charge on any atom is -0.314 e. The van der Waals surface area contributed by atoms with Gasteiger partial charge in [0.25, 0.3) is 0 Å². The van der Waals surface area contributed by atoms with Gasteiger partial charge in [-0.25, -0.2) is 4.39 Å². The Kier molecular flexibility index (Phi) is 4.94. The molecule has 1 rings (SSSR count). The van der Waals surface area contributed by atoms with Crippen molar-refractivity contribution in [3.63, 3.8) is 0 Å². The van der Waals surface area contributed by atoms with Crippen LogP contribution in [0, 0.1) is 18.7 Å². The summed E-state index contributed by atoms with van der Waals surface area (Å²) >= 11 is 0. The summed E-state index contributed by atoms with van der Waals surface area (Å²) in [5.41, 5.74) is 1.80. The van der Waals surface area contributed by atoms with E-state index in [0.29, 0.717) is 12.0 Å². The molecule has 0 aromatic heterocycles. The summed E-state index contributed by atoms with van der Waals surface area (Å²) in [7, 11) is 0. The number of nitrogens with one attached hydrogen (secondary N) is 1. The molecule has 0 aliphatic rings. The van der Waals surface area contributed by atoms with Crippen molar-refractivity contribution in [2.45, 2.75) is 40.2 Å². The standard InChI is InChI=1S/C14H22FN/c1-10(2)16-9-11(3)7-13-6-5-12(4)14(15)8-13/h5-6,8,10-11,16H,7,9H2,1-4H3. The van der Waals surface area contributed by atoms with Gasteiger partial charge in [0, 0.05) is 6.04 Å². The predicted molar refractivity (Wildman–Crippen MR) is 67.1 cm³/mol. The monoisotopic (exact) mass is 223 g/mol. The quantitative estimate of drug-likeness (QED) is 0.807. The number of rotatable bonds is 5. The summed E-state index contributed by atoms with van der Waals surface area (Å²) in [6.45, 7) is 9.24. The van der Waals surface area contributed by atoms with E-state index in [0.717, 1.165) is 24.1 Å². The van der Waals surface area contributed by atoms with Gasteiger partial charge in [-0.05, 0) is 43.0 Å². The Hall–Kier alpha value is -0.890. The zero-order valence-electron chi connectivity index (χ0n) is 10.7. The van der Waals surface area contributed by atoms with E-state index in [1.54, 1.807) is 13.0 Å². The first kappa shape index (κ1) is 13.2. The van der Waals surface area contributed by atoms with E-state index in [-0.39, 0.29) is 5.82 Å². The van der Waals surface area contributed by atoms with Crippen molar-refractivity contribution >= 4 is 0 Å². The lowest BCUT2D eigenvalue weighted by Crippen LogP contribution is -2.28. The molecule has 16 heavy (non-hydrogen) atoms. The second kappa shape index (κ2) is 6.00. The van der Waals surface area contributed by atoms with Crippen molar-refractivity contribution in [2.75, 3.05) is 6.54 Å². The van der Waals surface area contributed by atoms with Gasteiger partial charge in [-0.1, -0.05) is 32.9 Å². The Bertz CT molecular complexity index is 334. The fourth-order valence-electron chi connectivity index (χ4n) is 1.67. The van der Waals surface area contributed by atoms with Gasteiger partial charge in [0.2, 0.25) is 0 Å². The van der Waals surface area contributed by atoms with Crippen molar-refractivity contribution in [2.24, 2.45) is 5.92 Å². The maximum Gasteiger partial charge on any atom is 0.126 e. The minimum atomic E-state index is -0.0958. The van der Waals surface area contributed by atoms with Gasteiger partial charge in [0.1, 0.15) is 5.82 Å². The van der Waals surface area contributed by atoms with Gasteiger partial charge in [-0.15, -0.1) is 0 Å². The molecule has 0 fully saturated rings. The number of benzene rings is 1. The molecule has 90 valence electrons. The van der Waals surface area contributed by atoms with Crippen LogP contribution in [0.5, 0.6) is 0 Å². The second-order valence-electron chi connectivity index (χ2n) is 4.96. The Labute approximate surface area is 98.1 Å². The van der Waals surface area contributed by atoms with Crippen LogP contribution >= 0.6 is 0 Å². The van der Waals surface area contributed by atoms with Gasteiger partial charge in [-0.3, -0.25) is 0 Å². The van der Waals surface area contributed by atoms with E-state index in [1.165, 1.54) is 0 Å². The molecule has 0 aliphatic heterocycles. The maximum absolute atomic E-state index is 13.3. The van der Waals surface area contributed by atoms with Crippen molar-refractivity contribution in [3.05, 3.63) is 35.1 Å². The molecule has 0 bridgehead atoms. The minimum absolute atomic E-state index is 0.0958. The Morgan fingerprint density at radius 2 is 1.94 bits per heavy atom. The Morgan fingerprint density at radius 1 is 1.25 bits per heavy atom. The van der Waals surface area contributed by atoms with Gasteiger partial charge in [-0.2, -0.15) is 0 Å². The van der Waals surface area contributed by atoms with E-state index in [4.69, 9.17) is 0 Å². The molecule has 0 heterocycles. The van der Waals surface area contributed by atoms with Gasteiger partial charge >= 0.3 is 0 Å². The predicted octanol–water partition coefficient (Wildman–Crippen LogP) is 3.31. The van der Waals surface area contributed by atoms with Gasteiger partial charge in [0.15, 0.2) is 0 Å². The van der Waals surface area contributed by atoms with Crippen LogP contribution in [-0.2, 0) is 6.42 Å². The zero-order chi connectivity index (χ0) is 12.1. The van der Waals surface area contributed by atoms with Crippen LogP contribution < -0.4 is 5.32 Å². The molecule has 2 heteroatoms. The average Bonchev–Trinajstić information content (AvgIpc) is 2.21. The van der Waals surface area contributed by atoms with Crippen LogP contribution in [0.4, 0.5) is 4.39 Å². The molecule has 0 radical (unpaired) electrons. The summed E-state index contributed by atoms with van der Waals surface area (Å²) in [4.78, 5) is 0. The highest BCUT2D eigenvalue weighted by Crippen LogP contribution is 2.13. The van der Waals surface area contributed by atoms with Crippen molar-refractivity contribution < 1.29 is 4.39 Å². The lowest BCUT2D eigenvalue weighted by Gasteiger charge is -2.15. The van der Waals surface area contributed by atoms with E-state index in [2.05, 4.69) is 26.1 Å². The SMILES string of the molecule is Cc1ccc(CC(C)CNC(C)C)cc1F. The number of hydrogen-bond acceptors (Lipinski definition) is 1. The highest BCUT2D eigenvalue weighted by molar-refractivity contribution is 5.23. The maximum atomic E-state index is 13.3. The van der Waals surface area contributed by atoms with Crippen LogP contribution in [0.25, 0.3) is 0 Å². The summed E-state index contributed by atoms with van der Waals surface area (Å²) < 4.78 is 13.3. The first-order valence-corrected chi connectivity index (χ1v) is 5.97. The molecule has 0 saturated carbocycles. The van der Waals surface area contributed by atoms with Gasteiger partial charge < -0.3 is 5.32 Å². The number of aryl methyl sites for hydroxylation is 1. The van der Waals surface area contributed by atoms with Crippen molar-refractivity contribution in [3.8, 4) is 0 Å². The molecule has 0 saturated heterocycles. The van der Waals surface area contributed by atoms with Gasteiger partial charge in [0.05, 0.1) is 0 Å². The molecule has 1 N–H and O–H groups in total. The molecule has 1 atom stereocenters. The number of halogens is 1. The molecule has 1 aromatic rings. The van der Waals surface area contributed by atoms with E-state index >= 15 is 0 Å². The van der Waals surface area contributed by atoms with Crippen molar-refractivity contribution in [1.29, 1.82) is 0 Å². The zero-order valence-corrected chi connectivity index (χ0v) is 10.7. The van der Waals surface area contributed by atoms with Crippen molar-refractivity contribution in [1.82, 2.24) is 5.32 Å². The average molecular weight is 223 g/mol. The van der Waals surface area contributed by atoms with Crippen LogP contribution in [0.2, 0.25) is 0 Å². The lowest BCUT2D eigenvalue weighted by atomic mass is 10.00. The fourth-order valence-corrected chi connectivity index (χ4v) is 1.67. The first-order valence-electron chi connectivity index (χ1n) is 5.97. The highest BCUT2D eigenvalue weighted by atomic mass is 19.1. The lowest BCUT2D eigenvalue weighted by molar-refractivity contribution is 0.475. The second-order valence-corrected chi connectivity index (χ2v) is 4.96. The molecule has 1 aromatic carbocycles. The third kappa shape index (κ3) is 4.31. The normalized spacial score (nSPS) is 13.1. The molecule has 1 nitrogen and oxygen atoms in total. The molecule has 0 amide bonds. The third-order valence-electron chi connectivity index (χ3n) is 2.69. The summed E-state index contributed by atoms with van der Waals surface area (Å²) in [5, 5.41) is 3.40. The smallest absolute Gasteiger partial charge is 0.126 e. The number of hydrogen-bond donors (Lipinski definition) is 1. The third-order valence-corrected chi connectivity index (χ3v) is 2.69. The summed E-state index contributed by atoms with van der Waals surface area (Å²) in [6.07, 6.45) is 0.928. The van der Waals surface area contributed by atoms with Crippen LogP contribution in [-0.4, -0.2) is 12.6 Å². The Balaban J connectivity index is 2.49. The van der Waals surface area contributed by atoms with E-state index in [9.17, 15) is 4.39 Å². The largest absolute Gasteiger partial charge is 0.314 e. The summed E-state index contributed by atoms with van der Waals surface area (Å²) in [6, 6.07) is 6.04. The Morgan fingerprint density at radius 3 is 2.50 bits per heavy atom. The molecule has 0 spiro atoms. The molecular weight excluding hydrogens is 201 g/mol. The van der Waals surface area contributed by atoms with E-state index in [1.807, 2.05) is 12.1 Å². The van der Waals surface area contributed by atoms with Crippen LogP contribution in [0.15, 0.2) is 18.2 Å². The first-order chi connectivity index (χ1) is 7.49. The summed E-state index contributed by atoms with van der Waals surface area (Å²) in [5.74, 6) is 0.436. The highest BCUT2D eigenvalue weighted by Gasteiger charge is 2.06. The van der Waals surface area contributed by atoms with E-state index < -0.39 is 0 Å². The van der Waals surface area contributed by atoms with Crippen LogP contribution in [0.1, 0.15) is 31.9 Å². The fraction of sp³-hybridized carbons (Fsp3) is 0.571. The topological polar surface area (TPSA) is 12.0 Å². The molecule has 1 unspecified atom stereocenters. The molecule has 0 aliphatic carbocycles. The van der Waals surface area contributed by atoms with Crippen LogP contribution in [0.3, 0.4) is 0 Å².